The number of hydrogen-bond donors (Lipinski definition) is 3. The number of aromatic hydroxyl groups is 1. The van der Waals surface area contributed by atoms with Crippen molar-refractivity contribution in [2.45, 2.75) is 0 Å². The number of nitrogens with zero attached hydrogens (tertiary/aromatic N) is 2. The molecule has 0 bridgehead atoms. The summed E-state index contributed by atoms with van der Waals surface area (Å²) >= 11 is 0. The lowest BCUT2D eigenvalue weighted by molar-refractivity contribution is 0.101. The molecular formula is C30H22N4O3. The number of amides is 2. The molecule has 0 atom stereocenters. The first kappa shape index (κ1) is 23.4. The van der Waals surface area contributed by atoms with E-state index in [9.17, 15) is 14.7 Å². The van der Waals surface area contributed by atoms with Crippen LogP contribution in [0, 0.1) is 0 Å². The minimum Gasteiger partial charge on any atom is -0.505 e. The van der Waals surface area contributed by atoms with Gasteiger partial charge in [-0.3, -0.25) is 9.59 Å². The van der Waals surface area contributed by atoms with Crippen LogP contribution < -0.4 is 10.6 Å². The van der Waals surface area contributed by atoms with Crippen LogP contribution in [-0.4, -0.2) is 16.9 Å². The zero-order valence-corrected chi connectivity index (χ0v) is 19.6. The fourth-order valence-corrected chi connectivity index (χ4v) is 3.84. The second-order valence-electron chi connectivity index (χ2n) is 8.23. The van der Waals surface area contributed by atoms with Crippen LogP contribution in [0.25, 0.3) is 10.8 Å². The third-order valence-electron chi connectivity index (χ3n) is 5.68. The molecule has 0 fully saturated rings. The van der Waals surface area contributed by atoms with Crippen molar-refractivity contribution in [1.82, 2.24) is 0 Å². The second kappa shape index (κ2) is 10.5. The van der Waals surface area contributed by atoms with Crippen LogP contribution in [0.5, 0.6) is 5.75 Å². The highest BCUT2D eigenvalue weighted by Gasteiger charge is 2.20. The Kier molecular flexibility index (Phi) is 6.67. The molecule has 5 rings (SSSR count). The van der Waals surface area contributed by atoms with E-state index in [1.54, 1.807) is 72.8 Å². The van der Waals surface area contributed by atoms with Gasteiger partial charge in [0.2, 0.25) is 0 Å². The fourth-order valence-electron chi connectivity index (χ4n) is 3.84. The van der Waals surface area contributed by atoms with E-state index in [0.717, 1.165) is 0 Å². The van der Waals surface area contributed by atoms with Crippen molar-refractivity contribution in [3.63, 3.8) is 0 Å². The van der Waals surface area contributed by atoms with E-state index in [2.05, 4.69) is 20.9 Å². The monoisotopic (exact) mass is 486 g/mol. The molecule has 0 aliphatic heterocycles. The molecule has 0 unspecified atom stereocenters. The third kappa shape index (κ3) is 5.36. The Morgan fingerprint density at radius 1 is 0.622 bits per heavy atom. The van der Waals surface area contributed by atoms with Gasteiger partial charge in [0, 0.05) is 22.3 Å². The minimum atomic E-state index is -0.513. The summed E-state index contributed by atoms with van der Waals surface area (Å²) in [7, 11) is 0. The van der Waals surface area contributed by atoms with Crippen LogP contribution >= 0.6 is 0 Å². The Hall–Kier alpha value is -5.30. The number of phenolic OH excluding ortho intramolecular Hbond substituents is 1. The lowest BCUT2D eigenvalue weighted by Gasteiger charge is -2.12. The largest absolute Gasteiger partial charge is 0.505 e. The minimum absolute atomic E-state index is 0.0129. The van der Waals surface area contributed by atoms with E-state index in [4.69, 9.17) is 0 Å². The van der Waals surface area contributed by atoms with E-state index in [-0.39, 0.29) is 22.9 Å². The van der Waals surface area contributed by atoms with Crippen molar-refractivity contribution in [1.29, 1.82) is 0 Å². The van der Waals surface area contributed by atoms with Crippen LogP contribution in [0.2, 0.25) is 0 Å². The van der Waals surface area contributed by atoms with Gasteiger partial charge in [0.25, 0.3) is 11.8 Å². The SMILES string of the molecule is O=C(Nc1ccccc1)c1ccc2c(/N=N/c3ccccc3)c(O)c(C(=O)Nc3ccccc3)cc2c1. The highest BCUT2D eigenvalue weighted by molar-refractivity contribution is 6.13. The highest BCUT2D eigenvalue weighted by atomic mass is 16.3. The summed E-state index contributed by atoms with van der Waals surface area (Å²) in [6.07, 6.45) is 0. The van der Waals surface area contributed by atoms with Crippen LogP contribution in [0.1, 0.15) is 20.7 Å². The van der Waals surface area contributed by atoms with Gasteiger partial charge in [-0.25, -0.2) is 0 Å². The average molecular weight is 487 g/mol. The van der Waals surface area contributed by atoms with E-state index >= 15 is 0 Å². The topological polar surface area (TPSA) is 103 Å². The zero-order chi connectivity index (χ0) is 25.6. The fraction of sp³-hybridized carbons (Fsp3) is 0. The Morgan fingerprint density at radius 2 is 1.19 bits per heavy atom. The number of nitrogens with one attached hydrogen (secondary N) is 2. The number of carbonyl (C=O) groups is 2. The summed E-state index contributed by atoms with van der Waals surface area (Å²) < 4.78 is 0. The lowest BCUT2D eigenvalue weighted by atomic mass is 10.0. The van der Waals surface area contributed by atoms with Crippen LogP contribution in [0.4, 0.5) is 22.7 Å². The number of anilines is 2. The van der Waals surface area contributed by atoms with Crippen LogP contribution in [0.3, 0.4) is 0 Å². The molecule has 0 aromatic heterocycles. The number of para-hydroxylation sites is 2. The van der Waals surface area contributed by atoms with E-state index in [1.165, 1.54) is 0 Å². The van der Waals surface area contributed by atoms with Crippen molar-refractivity contribution in [2.75, 3.05) is 10.6 Å². The molecule has 7 heteroatoms. The van der Waals surface area contributed by atoms with E-state index in [0.29, 0.717) is 33.4 Å². The van der Waals surface area contributed by atoms with Gasteiger partial charge in [0.1, 0.15) is 5.69 Å². The molecule has 0 spiro atoms. The lowest BCUT2D eigenvalue weighted by Crippen LogP contribution is -2.13. The molecule has 0 saturated heterocycles. The van der Waals surface area contributed by atoms with Crippen molar-refractivity contribution in [3.8, 4) is 5.75 Å². The van der Waals surface area contributed by atoms with Gasteiger partial charge >= 0.3 is 0 Å². The smallest absolute Gasteiger partial charge is 0.259 e. The zero-order valence-electron chi connectivity index (χ0n) is 19.6. The second-order valence-corrected chi connectivity index (χ2v) is 8.23. The van der Waals surface area contributed by atoms with Gasteiger partial charge in [-0.05, 0) is 60.0 Å². The molecule has 2 amide bonds. The Labute approximate surface area is 213 Å². The summed E-state index contributed by atoms with van der Waals surface area (Å²) in [5.41, 5.74) is 2.37. The van der Waals surface area contributed by atoms with E-state index < -0.39 is 5.91 Å². The van der Waals surface area contributed by atoms with Crippen molar-refractivity contribution in [2.24, 2.45) is 10.2 Å². The Bertz CT molecular complexity index is 1600. The number of hydrogen-bond acceptors (Lipinski definition) is 5. The molecule has 0 aliphatic carbocycles. The van der Waals surface area contributed by atoms with E-state index in [1.807, 2.05) is 42.5 Å². The maximum absolute atomic E-state index is 13.1. The van der Waals surface area contributed by atoms with Crippen LogP contribution in [0.15, 0.2) is 125 Å². The molecule has 5 aromatic carbocycles. The molecule has 180 valence electrons. The van der Waals surface area contributed by atoms with Gasteiger partial charge in [0.05, 0.1) is 11.3 Å². The third-order valence-corrected chi connectivity index (χ3v) is 5.68. The van der Waals surface area contributed by atoms with Gasteiger partial charge in [0.15, 0.2) is 5.75 Å². The van der Waals surface area contributed by atoms with Crippen molar-refractivity contribution < 1.29 is 14.7 Å². The number of fused-ring (bicyclic) bond motifs is 1. The first-order valence-electron chi connectivity index (χ1n) is 11.6. The molecule has 3 N–H and O–H groups in total. The first-order chi connectivity index (χ1) is 18.1. The molecular weight excluding hydrogens is 464 g/mol. The quantitative estimate of drug-likeness (QED) is 0.217. The summed E-state index contributed by atoms with van der Waals surface area (Å²) in [6.45, 7) is 0. The van der Waals surface area contributed by atoms with Gasteiger partial charge in [-0.1, -0.05) is 60.7 Å². The number of carbonyl (C=O) groups excluding carboxylic acids is 2. The van der Waals surface area contributed by atoms with Crippen molar-refractivity contribution in [3.05, 3.63) is 126 Å². The number of phenols is 1. The summed E-state index contributed by atoms with van der Waals surface area (Å²) in [6, 6.07) is 33.7. The summed E-state index contributed by atoms with van der Waals surface area (Å²) in [4.78, 5) is 26.0. The predicted octanol–water partition coefficient (Wildman–Crippen LogP) is 7.47. The molecule has 7 nitrogen and oxygen atoms in total. The Balaban J connectivity index is 1.58. The van der Waals surface area contributed by atoms with Gasteiger partial charge in [-0.15, -0.1) is 5.11 Å². The summed E-state index contributed by atoms with van der Waals surface area (Å²) in [5.74, 6) is -1.12. The number of azo groups is 1. The first-order valence-corrected chi connectivity index (χ1v) is 11.6. The molecule has 5 aromatic rings. The number of rotatable bonds is 6. The molecule has 0 radical (unpaired) electrons. The van der Waals surface area contributed by atoms with Crippen LogP contribution in [-0.2, 0) is 0 Å². The standard InChI is InChI=1S/C30H22N4O3/c35-28-26(30(37)32-23-12-6-2-7-13-23)19-21-18-20(29(36)31-22-10-4-1-5-11-22)16-17-25(21)27(28)34-33-24-14-8-3-9-15-24/h1-19,35H,(H,31,36)(H,32,37)/b34-33+. The normalized spacial score (nSPS) is 10.9. The van der Waals surface area contributed by atoms with Gasteiger partial charge < -0.3 is 15.7 Å². The van der Waals surface area contributed by atoms with Crippen molar-refractivity contribution >= 4 is 45.3 Å². The Morgan fingerprint density at radius 3 is 1.81 bits per heavy atom. The molecule has 0 heterocycles. The average Bonchev–Trinajstić information content (AvgIpc) is 2.93. The predicted molar refractivity (Wildman–Crippen MR) is 145 cm³/mol. The van der Waals surface area contributed by atoms with Gasteiger partial charge in [-0.2, -0.15) is 5.11 Å². The maximum Gasteiger partial charge on any atom is 0.259 e. The summed E-state index contributed by atoms with van der Waals surface area (Å²) in [5, 5.41) is 26.4. The molecule has 37 heavy (non-hydrogen) atoms. The number of benzene rings is 5. The molecule has 0 saturated carbocycles. The molecule has 0 aliphatic rings. The maximum atomic E-state index is 13.1. The highest BCUT2D eigenvalue weighted by Crippen LogP contribution is 2.40.